The van der Waals surface area contributed by atoms with Crippen molar-refractivity contribution in [2.24, 2.45) is 0 Å². The molecule has 0 saturated heterocycles. The minimum atomic E-state index is -0.129. The molecular weight excluding hydrogens is 693 g/mol. The average molecular weight is 755 g/mol. The summed E-state index contributed by atoms with van der Waals surface area (Å²) in [6, 6.07) is 38.2. The van der Waals surface area contributed by atoms with Crippen molar-refractivity contribution in [2.75, 3.05) is 6.26 Å². The SMILES string of the molecule is CC.CC.CCc1cc2ccccc2cc1-c1c(SC)c2cc(C(C)(C)C)cc3c4c(c5cc(C(C)(C)C)cc1c5c23)C(C)(CC)c1cc2ccccc2cc1-4. The monoisotopic (exact) mass is 754 g/mol. The molecule has 0 saturated carbocycles. The highest BCUT2D eigenvalue weighted by atomic mass is 32.2. The number of benzene rings is 8. The van der Waals surface area contributed by atoms with Crippen LogP contribution in [0.4, 0.5) is 0 Å². The quantitative estimate of drug-likeness (QED) is 0.127. The summed E-state index contributed by atoms with van der Waals surface area (Å²) in [5, 5.41) is 13.8. The second kappa shape index (κ2) is 14.6. The van der Waals surface area contributed by atoms with Crippen molar-refractivity contribution in [3.8, 4) is 22.3 Å². The number of aryl methyl sites for hydroxylation is 1. The van der Waals surface area contributed by atoms with Crippen molar-refractivity contribution >= 4 is 65.6 Å². The molecule has 8 aromatic carbocycles. The predicted octanol–water partition coefficient (Wildman–Crippen LogP) is 17.2. The van der Waals surface area contributed by atoms with Crippen LogP contribution in [0.25, 0.3) is 76.1 Å². The Kier molecular flexibility index (Phi) is 10.4. The maximum absolute atomic E-state index is 2.60. The van der Waals surface area contributed by atoms with Crippen LogP contribution in [-0.4, -0.2) is 6.26 Å². The third-order valence-corrected chi connectivity index (χ3v) is 13.5. The van der Waals surface area contributed by atoms with Crippen molar-refractivity contribution in [3.05, 3.63) is 125 Å². The highest BCUT2D eigenvalue weighted by molar-refractivity contribution is 7.99. The van der Waals surface area contributed by atoms with Crippen molar-refractivity contribution in [3.63, 3.8) is 0 Å². The Morgan fingerprint density at radius 2 is 0.982 bits per heavy atom. The highest BCUT2D eigenvalue weighted by Gasteiger charge is 2.42. The minimum absolute atomic E-state index is 0.0109. The van der Waals surface area contributed by atoms with Crippen molar-refractivity contribution in [1.29, 1.82) is 0 Å². The third kappa shape index (κ3) is 5.95. The molecule has 0 aliphatic heterocycles. The fourth-order valence-electron chi connectivity index (χ4n) is 9.54. The van der Waals surface area contributed by atoms with Gasteiger partial charge < -0.3 is 0 Å². The second-order valence-corrected chi connectivity index (χ2v) is 18.5. The van der Waals surface area contributed by atoms with E-state index in [4.69, 9.17) is 0 Å². The van der Waals surface area contributed by atoms with Crippen molar-refractivity contribution in [2.45, 2.75) is 124 Å². The van der Waals surface area contributed by atoms with E-state index in [1.165, 1.54) is 109 Å². The van der Waals surface area contributed by atoms with E-state index in [1.54, 1.807) is 0 Å². The number of fused-ring (bicyclic) bond motifs is 7. The molecule has 9 rings (SSSR count). The molecule has 1 aliphatic carbocycles. The Hall–Kier alpha value is -4.33. The van der Waals surface area contributed by atoms with E-state index in [0.29, 0.717) is 0 Å². The van der Waals surface area contributed by atoms with Crippen LogP contribution < -0.4 is 0 Å². The lowest BCUT2D eigenvalue weighted by Gasteiger charge is -2.32. The zero-order valence-electron chi connectivity index (χ0n) is 36.6. The van der Waals surface area contributed by atoms with Gasteiger partial charge in [0.05, 0.1) is 0 Å². The Bertz CT molecular complexity index is 2760. The van der Waals surface area contributed by atoms with Crippen LogP contribution in [0.1, 0.15) is 124 Å². The fraction of sp³-hybridized carbons (Fsp3) is 0.345. The molecule has 0 aromatic heterocycles. The van der Waals surface area contributed by atoms with Crippen LogP contribution >= 0.6 is 11.8 Å². The van der Waals surface area contributed by atoms with Gasteiger partial charge in [-0.05, 0) is 165 Å². The third-order valence-electron chi connectivity index (χ3n) is 12.6. The minimum Gasteiger partial charge on any atom is -0.128 e. The van der Waals surface area contributed by atoms with Gasteiger partial charge in [-0.25, -0.2) is 0 Å². The molecule has 1 heteroatoms. The van der Waals surface area contributed by atoms with E-state index in [2.05, 4.69) is 166 Å². The smallest absolute Gasteiger partial charge is 0.0233 e. The molecule has 1 atom stereocenters. The molecule has 0 radical (unpaired) electrons. The maximum Gasteiger partial charge on any atom is 0.0233 e. The largest absolute Gasteiger partial charge is 0.128 e. The normalized spacial score (nSPS) is 15.2. The van der Waals surface area contributed by atoms with Gasteiger partial charge in [0.25, 0.3) is 0 Å². The number of rotatable bonds is 4. The Morgan fingerprint density at radius 1 is 0.536 bits per heavy atom. The molecule has 288 valence electrons. The van der Waals surface area contributed by atoms with Crippen LogP contribution in [0.5, 0.6) is 0 Å². The molecule has 1 aliphatic rings. The fourth-order valence-corrected chi connectivity index (χ4v) is 10.3. The summed E-state index contributed by atoms with van der Waals surface area (Å²) in [5.74, 6) is 0. The maximum atomic E-state index is 2.60. The summed E-state index contributed by atoms with van der Waals surface area (Å²) < 4.78 is 0. The lowest BCUT2D eigenvalue weighted by Crippen LogP contribution is -2.20. The van der Waals surface area contributed by atoms with Gasteiger partial charge in [0.2, 0.25) is 0 Å². The zero-order chi connectivity index (χ0) is 40.5. The number of hydrogen-bond donors (Lipinski definition) is 0. The molecule has 0 nitrogen and oxygen atoms in total. The molecule has 8 aromatic rings. The molecule has 0 fully saturated rings. The standard InChI is InChI=1S/C51H50S.2C2H6/c1-11-29-21-30-17-13-14-18-31(30)22-36(29)46-39-26-34(49(3,4)5)27-40-43(39)44-38(25-35(50(6,7)8)28-41(44)48(46)52-10)45-37-23-32-19-15-16-20-33(32)24-42(37)51(9,12-2)47(40)45;2*1-2/h13-28H,11-12H2,1-10H3;2*1-2H3. The van der Waals surface area contributed by atoms with Gasteiger partial charge in [-0.2, -0.15) is 0 Å². The van der Waals surface area contributed by atoms with Crippen LogP contribution in [0, 0.1) is 0 Å². The molecule has 0 heterocycles. The molecule has 0 spiro atoms. The van der Waals surface area contributed by atoms with E-state index in [9.17, 15) is 0 Å². The molecule has 0 bridgehead atoms. The van der Waals surface area contributed by atoms with Gasteiger partial charge in [0.15, 0.2) is 0 Å². The first-order valence-corrected chi connectivity index (χ1v) is 22.5. The zero-order valence-corrected chi connectivity index (χ0v) is 37.4. The first-order chi connectivity index (χ1) is 26.8. The van der Waals surface area contributed by atoms with E-state index < -0.39 is 0 Å². The highest BCUT2D eigenvalue weighted by Crippen LogP contribution is 2.60. The summed E-state index contributed by atoms with van der Waals surface area (Å²) in [6.07, 6.45) is 4.32. The number of thioether (sulfide) groups is 1. The lowest BCUT2D eigenvalue weighted by molar-refractivity contribution is 0.569. The van der Waals surface area contributed by atoms with E-state index in [1.807, 2.05) is 39.5 Å². The Labute approximate surface area is 341 Å². The first kappa shape index (κ1) is 39.9. The molecule has 0 amide bonds. The summed E-state index contributed by atoms with van der Waals surface area (Å²) in [7, 11) is 0. The van der Waals surface area contributed by atoms with Gasteiger partial charge in [-0.15, -0.1) is 11.8 Å². The lowest BCUT2D eigenvalue weighted by atomic mass is 9.72. The average Bonchev–Trinajstić information content (AvgIpc) is 3.46. The van der Waals surface area contributed by atoms with Crippen molar-refractivity contribution in [1.82, 2.24) is 0 Å². The van der Waals surface area contributed by atoms with Crippen LogP contribution in [0.2, 0.25) is 0 Å². The Morgan fingerprint density at radius 3 is 1.48 bits per heavy atom. The van der Waals surface area contributed by atoms with Gasteiger partial charge in [0.1, 0.15) is 0 Å². The summed E-state index contributed by atoms with van der Waals surface area (Å²) in [6.45, 7) is 29.6. The number of hydrogen-bond acceptors (Lipinski definition) is 1. The molecule has 1 unspecified atom stereocenters. The van der Waals surface area contributed by atoms with Crippen LogP contribution in [0.3, 0.4) is 0 Å². The molecule has 0 N–H and O–H groups in total. The van der Waals surface area contributed by atoms with Gasteiger partial charge in [-0.1, -0.05) is 151 Å². The molecular formula is C55H62S. The first-order valence-electron chi connectivity index (χ1n) is 21.3. The van der Waals surface area contributed by atoms with E-state index in [0.717, 1.165) is 12.8 Å². The van der Waals surface area contributed by atoms with Gasteiger partial charge >= 0.3 is 0 Å². The van der Waals surface area contributed by atoms with E-state index in [-0.39, 0.29) is 16.2 Å². The van der Waals surface area contributed by atoms with E-state index >= 15 is 0 Å². The topological polar surface area (TPSA) is 0 Å². The second-order valence-electron chi connectivity index (χ2n) is 17.7. The van der Waals surface area contributed by atoms with Gasteiger partial charge in [0, 0.05) is 15.9 Å². The van der Waals surface area contributed by atoms with Crippen LogP contribution in [0.15, 0.2) is 102 Å². The summed E-state index contributed by atoms with van der Waals surface area (Å²) in [5.41, 5.74) is 12.7. The van der Waals surface area contributed by atoms with Gasteiger partial charge in [-0.3, -0.25) is 0 Å². The van der Waals surface area contributed by atoms with Crippen molar-refractivity contribution < 1.29 is 0 Å². The molecule has 56 heavy (non-hydrogen) atoms. The summed E-state index contributed by atoms with van der Waals surface area (Å²) >= 11 is 1.93. The van der Waals surface area contributed by atoms with Crippen LogP contribution in [-0.2, 0) is 22.7 Å². The Balaban J connectivity index is 0.00000117. The predicted molar refractivity (Wildman–Crippen MR) is 254 cm³/mol. The summed E-state index contributed by atoms with van der Waals surface area (Å²) in [4.78, 5) is 1.40.